The van der Waals surface area contributed by atoms with Gasteiger partial charge in [-0.05, 0) is 55.8 Å². The molecule has 7 nitrogen and oxygen atoms in total. The van der Waals surface area contributed by atoms with Gasteiger partial charge in [-0.25, -0.2) is 17.8 Å². The number of sulfonamides is 1. The number of carbonyl (C=O) groups excluding carboxylic acids is 1. The number of halogens is 1. The largest absolute Gasteiger partial charge is 0.482 e. The van der Waals surface area contributed by atoms with Gasteiger partial charge < -0.3 is 10.1 Å². The van der Waals surface area contributed by atoms with E-state index in [1.165, 1.54) is 30.4 Å². The van der Waals surface area contributed by atoms with Crippen molar-refractivity contribution >= 4 is 38.1 Å². The van der Waals surface area contributed by atoms with E-state index in [2.05, 4.69) is 15.0 Å². The molecule has 0 fully saturated rings. The Hall–Kier alpha value is -2.98. The molecule has 4 rings (SSSR count). The van der Waals surface area contributed by atoms with Crippen LogP contribution in [0.1, 0.15) is 10.4 Å². The summed E-state index contributed by atoms with van der Waals surface area (Å²) in [5.74, 6) is -0.152. The van der Waals surface area contributed by atoms with E-state index in [9.17, 15) is 17.6 Å². The number of anilines is 2. The fourth-order valence-corrected chi connectivity index (χ4v) is 5.05. The van der Waals surface area contributed by atoms with Crippen LogP contribution >= 0.6 is 11.3 Å². The van der Waals surface area contributed by atoms with Crippen LogP contribution in [0.3, 0.4) is 0 Å². The Morgan fingerprint density at radius 2 is 2.00 bits per heavy atom. The number of nitrogens with one attached hydrogen (secondary N) is 2. The van der Waals surface area contributed by atoms with E-state index >= 15 is 0 Å². The van der Waals surface area contributed by atoms with Gasteiger partial charge in [0.2, 0.25) is 0 Å². The summed E-state index contributed by atoms with van der Waals surface area (Å²) in [7, 11) is -3.91. The zero-order chi connectivity index (χ0) is 20.8. The predicted molar refractivity (Wildman–Crippen MR) is 108 cm³/mol. The van der Waals surface area contributed by atoms with Crippen LogP contribution in [0.15, 0.2) is 41.3 Å². The Kier molecular flexibility index (Phi) is 4.75. The highest BCUT2D eigenvalue weighted by Crippen LogP contribution is 2.36. The van der Waals surface area contributed by atoms with Gasteiger partial charge in [0.15, 0.2) is 11.7 Å². The van der Waals surface area contributed by atoms with Crippen molar-refractivity contribution < 1.29 is 22.3 Å². The fourth-order valence-electron chi connectivity index (χ4n) is 2.90. The zero-order valence-electron chi connectivity index (χ0n) is 15.4. The summed E-state index contributed by atoms with van der Waals surface area (Å²) in [5, 5.41) is 2.93. The lowest BCUT2D eigenvalue weighted by Crippen LogP contribution is -2.25. The van der Waals surface area contributed by atoms with Gasteiger partial charge >= 0.3 is 0 Å². The van der Waals surface area contributed by atoms with Crippen molar-refractivity contribution in [2.75, 3.05) is 16.6 Å². The number of fused-ring (bicyclic) bond motifs is 1. The van der Waals surface area contributed by atoms with Crippen LogP contribution in [0, 0.1) is 19.7 Å². The van der Waals surface area contributed by atoms with E-state index in [0.717, 1.165) is 10.9 Å². The maximum Gasteiger partial charge on any atom is 0.263 e. The zero-order valence-corrected chi connectivity index (χ0v) is 17.1. The highest BCUT2D eigenvalue weighted by atomic mass is 32.2. The number of hydrogen-bond donors (Lipinski definition) is 2. The quantitative estimate of drug-likeness (QED) is 0.654. The number of carbonyl (C=O) groups is 1. The van der Waals surface area contributed by atoms with Crippen LogP contribution in [0.4, 0.5) is 15.2 Å². The standard InChI is InChI=1S/C19H16FN3O4S2/c1-10-7-13(4-5-14(10)20)29(25,26)23-19-22-18(11(2)28-19)12-3-6-16-15(8-12)21-17(24)9-27-16/h3-8H,9H2,1-2H3,(H,21,24)(H,22,23). The van der Waals surface area contributed by atoms with Crippen LogP contribution < -0.4 is 14.8 Å². The smallest absolute Gasteiger partial charge is 0.263 e. The van der Waals surface area contributed by atoms with Crippen molar-refractivity contribution in [1.29, 1.82) is 0 Å². The van der Waals surface area contributed by atoms with Crippen LogP contribution in [0.25, 0.3) is 11.3 Å². The second-order valence-electron chi connectivity index (χ2n) is 6.49. The van der Waals surface area contributed by atoms with Crippen molar-refractivity contribution in [3.63, 3.8) is 0 Å². The van der Waals surface area contributed by atoms with Gasteiger partial charge in [-0.3, -0.25) is 9.52 Å². The molecule has 10 heteroatoms. The van der Waals surface area contributed by atoms with Gasteiger partial charge in [0.05, 0.1) is 16.3 Å². The van der Waals surface area contributed by atoms with E-state index in [-0.39, 0.29) is 28.1 Å². The highest BCUT2D eigenvalue weighted by molar-refractivity contribution is 7.93. The van der Waals surface area contributed by atoms with Gasteiger partial charge in [0.1, 0.15) is 11.6 Å². The summed E-state index contributed by atoms with van der Waals surface area (Å²) in [4.78, 5) is 16.7. The van der Waals surface area contributed by atoms with Gasteiger partial charge in [0.25, 0.3) is 15.9 Å². The number of amides is 1. The number of thiazole rings is 1. The van der Waals surface area contributed by atoms with Crippen molar-refractivity contribution in [3.05, 3.63) is 52.7 Å². The molecule has 0 atom stereocenters. The molecule has 2 heterocycles. The molecule has 150 valence electrons. The number of aryl methyl sites for hydroxylation is 2. The second-order valence-corrected chi connectivity index (χ2v) is 9.37. The molecule has 1 aliphatic heterocycles. The number of rotatable bonds is 4. The van der Waals surface area contributed by atoms with Crippen molar-refractivity contribution in [2.24, 2.45) is 0 Å². The molecule has 2 N–H and O–H groups in total. The summed E-state index contributed by atoms with van der Waals surface area (Å²) in [5.41, 5.74) is 2.08. The Labute approximate surface area is 170 Å². The Morgan fingerprint density at radius 1 is 1.21 bits per heavy atom. The molecular formula is C19H16FN3O4S2. The Balaban J connectivity index is 1.64. The maximum absolute atomic E-state index is 13.4. The Bertz CT molecular complexity index is 1240. The van der Waals surface area contributed by atoms with Crippen LogP contribution in [-0.2, 0) is 14.8 Å². The van der Waals surface area contributed by atoms with Gasteiger partial charge in [-0.2, -0.15) is 0 Å². The fraction of sp³-hybridized carbons (Fsp3) is 0.158. The van der Waals surface area contributed by atoms with E-state index in [1.807, 2.05) is 6.92 Å². The lowest BCUT2D eigenvalue weighted by molar-refractivity contribution is -0.118. The number of nitrogens with zero attached hydrogens (tertiary/aromatic N) is 1. The third kappa shape index (κ3) is 3.81. The van der Waals surface area contributed by atoms with E-state index in [4.69, 9.17) is 4.74 Å². The minimum absolute atomic E-state index is 0.0309. The lowest BCUT2D eigenvalue weighted by atomic mass is 10.1. The lowest BCUT2D eigenvalue weighted by Gasteiger charge is -2.18. The number of benzene rings is 2. The highest BCUT2D eigenvalue weighted by Gasteiger charge is 2.21. The number of aromatic nitrogens is 1. The summed E-state index contributed by atoms with van der Waals surface area (Å²) in [6, 6.07) is 8.85. The molecule has 1 amide bonds. The first-order valence-electron chi connectivity index (χ1n) is 8.56. The van der Waals surface area contributed by atoms with E-state index < -0.39 is 15.8 Å². The van der Waals surface area contributed by atoms with Crippen molar-refractivity contribution in [1.82, 2.24) is 4.98 Å². The van der Waals surface area contributed by atoms with Crippen LogP contribution in [-0.4, -0.2) is 25.9 Å². The van der Waals surface area contributed by atoms with Gasteiger partial charge in [-0.1, -0.05) is 0 Å². The molecule has 1 aromatic heterocycles. The molecule has 29 heavy (non-hydrogen) atoms. The second kappa shape index (κ2) is 7.12. The molecule has 0 unspecified atom stereocenters. The SMILES string of the molecule is Cc1cc(S(=O)(=O)Nc2nc(-c3ccc4c(c3)NC(=O)CO4)c(C)s2)ccc1F. The third-order valence-electron chi connectivity index (χ3n) is 4.34. The first kappa shape index (κ1) is 19.3. The minimum atomic E-state index is -3.91. The first-order valence-corrected chi connectivity index (χ1v) is 10.9. The number of ether oxygens (including phenoxy) is 1. The summed E-state index contributed by atoms with van der Waals surface area (Å²) in [6.45, 7) is 3.29. The molecule has 2 aromatic carbocycles. The van der Waals surface area contributed by atoms with Crippen LogP contribution in [0.2, 0.25) is 0 Å². The summed E-state index contributed by atoms with van der Waals surface area (Å²) in [6.07, 6.45) is 0. The Morgan fingerprint density at radius 3 is 2.76 bits per heavy atom. The molecule has 3 aromatic rings. The third-order valence-corrected chi connectivity index (χ3v) is 6.70. The van der Waals surface area contributed by atoms with Crippen molar-refractivity contribution in [3.8, 4) is 17.0 Å². The summed E-state index contributed by atoms with van der Waals surface area (Å²) < 4.78 is 46.5. The maximum atomic E-state index is 13.4. The van der Waals surface area contributed by atoms with Crippen LogP contribution in [0.5, 0.6) is 5.75 Å². The normalized spacial score (nSPS) is 13.4. The average Bonchev–Trinajstić information content (AvgIpc) is 3.02. The molecule has 0 radical (unpaired) electrons. The van der Waals surface area contributed by atoms with E-state index in [0.29, 0.717) is 22.7 Å². The van der Waals surface area contributed by atoms with Gasteiger partial charge in [0, 0.05) is 10.4 Å². The minimum Gasteiger partial charge on any atom is -0.482 e. The topological polar surface area (TPSA) is 97.4 Å². The molecule has 0 aliphatic carbocycles. The number of hydrogen-bond acceptors (Lipinski definition) is 6. The summed E-state index contributed by atoms with van der Waals surface area (Å²) >= 11 is 1.18. The monoisotopic (exact) mass is 433 g/mol. The molecule has 0 saturated carbocycles. The molecule has 1 aliphatic rings. The van der Waals surface area contributed by atoms with Gasteiger partial charge in [-0.15, -0.1) is 11.3 Å². The molecule has 0 saturated heterocycles. The average molecular weight is 433 g/mol. The first-order chi connectivity index (χ1) is 13.7. The van der Waals surface area contributed by atoms with Crippen molar-refractivity contribution in [2.45, 2.75) is 18.7 Å². The molecule has 0 spiro atoms. The molecule has 0 bridgehead atoms. The van der Waals surface area contributed by atoms with E-state index in [1.54, 1.807) is 18.2 Å². The predicted octanol–water partition coefficient (Wildman–Crippen LogP) is 3.70. The molecular weight excluding hydrogens is 417 g/mol.